The molecule has 3 heterocycles. The fourth-order valence-electron chi connectivity index (χ4n) is 3.30. The first-order valence-corrected chi connectivity index (χ1v) is 11.4. The van der Waals surface area contributed by atoms with Crippen LogP contribution in [0, 0.1) is 0 Å². The molecule has 0 unspecified atom stereocenters. The molecule has 0 spiro atoms. The lowest BCUT2D eigenvalue weighted by atomic mass is 10.1. The fraction of sp³-hybridized carbons (Fsp3) is 0.0435. The molecule has 0 atom stereocenters. The number of nitrogens with one attached hydrogen (secondary N) is 1. The Kier molecular flexibility index (Phi) is 5.19. The van der Waals surface area contributed by atoms with Gasteiger partial charge < -0.3 is 4.74 Å². The minimum atomic E-state index is -3.72. The number of benzene rings is 2. The molecular weight excluding hydrogens is 440 g/mol. The summed E-state index contributed by atoms with van der Waals surface area (Å²) in [6.45, 7) is 0. The van der Waals surface area contributed by atoms with Gasteiger partial charge in [-0.2, -0.15) is 9.61 Å². The number of aromatic nitrogens is 5. The summed E-state index contributed by atoms with van der Waals surface area (Å²) in [5.41, 5.74) is 3.36. The average molecular weight is 459 g/mol. The molecule has 5 aromatic rings. The standard InChI is InChI=1S/C23H18N6O3S/c1-32-19-8-10-20(11-9-19)33(30,31)28-18-6-4-16(5-7-18)21-12-13-22-25-26-23(29(22)27-21)17-3-2-14-24-15-17/h2-15,28H,1H3. The van der Waals surface area contributed by atoms with Crippen LogP contribution in [0.1, 0.15) is 0 Å². The van der Waals surface area contributed by atoms with Gasteiger partial charge in [-0.15, -0.1) is 10.2 Å². The highest BCUT2D eigenvalue weighted by Crippen LogP contribution is 2.24. The van der Waals surface area contributed by atoms with Crippen LogP contribution < -0.4 is 9.46 Å². The molecule has 2 aromatic carbocycles. The Morgan fingerprint density at radius 2 is 1.67 bits per heavy atom. The predicted molar refractivity (Wildman–Crippen MR) is 123 cm³/mol. The van der Waals surface area contributed by atoms with Crippen molar-refractivity contribution in [2.24, 2.45) is 0 Å². The van der Waals surface area contributed by atoms with Gasteiger partial charge in [0.05, 0.1) is 17.7 Å². The third kappa shape index (κ3) is 4.11. The lowest BCUT2D eigenvalue weighted by Gasteiger charge is -2.09. The van der Waals surface area contributed by atoms with Crippen LogP contribution in [0.5, 0.6) is 5.75 Å². The topological polar surface area (TPSA) is 111 Å². The van der Waals surface area contributed by atoms with E-state index in [1.807, 2.05) is 24.3 Å². The van der Waals surface area contributed by atoms with Crippen LogP contribution in [-0.4, -0.2) is 40.3 Å². The molecule has 0 aliphatic rings. The van der Waals surface area contributed by atoms with Crippen molar-refractivity contribution in [2.75, 3.05) is 11.8 Å². The lowest BCUT2D eigenvalue weighted by Crippen LogP contribution is -2.12. The van der Waals surface area contributed by atoms with E-state index in [1.165, 1.54) is 19.2 Å². The van der Waals surface area contributed by atoms with Gasteiger partial charge in [0.15, 0.2) is 11.5 Å². The van der Waals surface area contributed by atoms with Gasteiger partial charge in [0.1, 0.15) is 5.75 Å². The number of nitrogens with zero attached hydrogens (tertiary/aromatic N) is 5. The van der Waals surface area contributed by atoms with Crippen molar-refractivity contribution >= 4 is 21.4 Å². The molecule has 0 saturated carbocycles. The van der Waals surface area contributed by atoms with Crippen LogP contribution >= 0.6 is 0 Å². The normalized spacial score (nSPS) is 11.4. The van der Waals surface area contributed by atoms with E-state index >= 15 is 0 Å². The molecule has 0 saturated heterocycles. The molecule has 3 aromatic heterocycles. The fourth-order valence-corrected chi connectivity index (χ4v) is 4.35. The largest absolute Gasteiger partial charge is 0.497 e. The number of fused-ring (bicyclic) bond motifs is 1. The highest BCUT2D eigenvalue weighted by atomic mass is 32.2. The molecule has 0 bridgehead atoms. The number of hydrogen-bond donors (Lipinski definition) is 1. The Bertz CT molecular complexity index is 1520. The van der Waals surface area contributed by atoms with Gasteiger partial charge in [0.25, 0.3) is 10.0 Å². The average Bonchev–Trinajstić information content (AvgIpc) is 3.28. The van der Waals surface area contributed by atoms with E-state index in [0.29, 0.717) is 28.6 Å². The summed E-state index contributed by atoms with van der Waals surface area (Å²) in [5, 5.41) is 13.0. The molecule has 0 fully saturated rings. The molecule has 0 amide bonds. The maximum atomic E-state index is 12.7. The van der Waals surface area contributed by atoms with Crippen molar-refractivity contribution in [3.8, 4) is 28.4 Å². The van der Waals surface area contributed by atoms with Crippen LogP contribution in [0.4, 0.5) is 5.69 Å². The Labute approximate surface area is 189 Å². The van der Waals surface area contributed by atoms with Crippen molar-refractivity contribution in [2.45, 2.75) is 4.90 Å². The van der Waals surface area contributed by atoms with Crippen molar-refractivity contribution in [3.63, 3.8) is 0 Å². The summed E-state index contributed by atoms with van der Waals surface area (Å²) in [5.74, 6) is 1.17. The van der Waals surface area contributed by atoms with Gasteiger partial charge in [-0.1, -0.05) is 12.1 Å². The monoisotopic (exact) mass is 458 g/mol. The Balaban J connectivity index is 1.41. The first-order valence-electron chi connectivity index (χ1n) is 9.94. The van der Waals surface area contributed by atoms with Gasteiger partial charge in [-0.3, -0.25) is 9.71 Å². The number of rotatable bonds is 6. The van der Waals surface area contributed by atoms with Gasteiger partial charge >= 0.3 is 0 Å². The van der Waals surface area contributed by atoms with Crippen LogP contribution in [0.2, 0.25) is 0 Å². The maximum Gasteiger partial charge on any atom is 0.261 e. The second-order valence-electron chi connectivity index (χ2n) is 7.11. The minimum absolute atomic E-state index is 0.148. The van der Waals surface area contributed by atoms with Crippen LogP contribution in [0.3, 0.4) is 0 Å². The first-order chi connectivity index (χ1) is 16.0. The molecule has 1 N–H and O–H groups in total. The van der Waals surface area contributed by atoms with Gasteiger partial charge in [0, 0.05) is 29.2 Å². The Morgan fingerprint density at radius 3 is 2.36 bits per heavy atom. The summed E-state index contributed by atoms with van der Waals surface area (Å²) in [7, 11) is -2.19. The van der Waals surface area contributed by atoms with E-state index in [9.17, 15) is 8.42 Å². The Morgan fingerprint density at radius 1 is 0.879 bits per heavy atom. The second kappa shape index (κ2) is 8.32. The number of sulfonamides is 1. The highest BCUT2D eigenvalue weighted by Gasteiger charge is 2.15. The number of anilines is 1. The van der Waals surface area contributed by atoms with E-state index in [-0.39, 0.29) is 4.90 Å². The van der Waals surface area contributed by atoms with Crippen LogP contribution in [0.15, 0.2) is 90.1 Å². The molecule has 0 radical (unpaired) electrons. The zero-order valence-corrected chi connectivity index (χ0v) is 18.3. The summed E-state index contributed by atoms with van der Waals surface area (Å²) in [6, 6.07) is 20.6. The summed E-state index contributed by atoms with van der Waals surface area (Å²) in [4.78, 5) is 4.27. The Hall–Kier alpha value is -4.31. The van der Waals surface area contributed by atoms with Crippen molar-refractivity contribution in [1.82, 2.24) is 24.8 Å². The molecule has 33 heavy (non-hydrogen) atoms. The van der Waals surface area contributed by atoms with Gasteiger partial charge in [0.2, 0.25) is 0 Å². The number of ether oxygens (including phenoxy) is 1. The third-order valence-corrected chi connectivity index (χ3v) is 6.38. The highest BCUT2D eigenvalue weighted by molar-refractivity contribution is 7.92. The second-order valence-corrected chi connectivity index (χ2v) is 8.79. The molecule has 10 heteroatoms. The van der Waals surface area contributed by atoms with E-state index in [1.54, 1.807) is 53.3 Å². The smallest absolute Gasteiger partial charge is 0.261 e. The molecule has 5 rings (SSSR count). The van der Waals surface area contributed by atoms with E-state index in [4.69, 9.17) is 4.74 Å². The minimum Gasteiger partial charge on any atom is -0.497 e. The summed E-state index contributed by atoms with van der Waals surface area (Å²) >= 11 is 0. The van der Waals surface area contributed by atoms with Crippen molar-refractivity contribution in [3.05, 3.63) is 85.2 Å². The zero-order valence-electron chi connectivity index (χ0n) is 17.5. The molecule has 0 aliphatic heterocycles. The SMILES string of the molecule is COc1ccc(S(=O)(=O)Nc2ccc(-c3ccc4nnc(-c5cccnc5)n4n3)cc2)cc1. The summed E-state index contributed by atoms with van der Waals surface area (Å²) < 4.78 is 34.6. The number of pyridine rings is 1. The first kappa shape index (κ1) is 20.6. The molecule has 0 aliphatic carbocycles. The van der Waals surface area contributed by atoms with Crippen LogP contribution in [0.25, 0.3) is 28.3 Å². The van der Waals surface area contributed by atoms with Crippen molar-refractivity contribution < 1.29 is 13.2 Å². The van der Waals surface area contributed by atoms with Gasteiger partial charge in [-0.05, 0) is 60.7 Å². The van der Waals surface area contributed by atoms with Crippen LogP contribution in [-0.2, 0) is 10.0 Å². The van der Waals surface area contributed by atoms with Gasteiger partial charge in [-0.25, -0.2) is 8.42 Å². The van der Waals surface area contributed by atoms with E-state index < -0.39 is 10.0 Å². The maximum absolute atomic E-state index is 12.7. The lowest BCUT2D eigenvalue weighted by molar-refractivity contribution is 0.414. The third-order valence-electron chi connectivity index (χ3n) is 4.99. The van der Waals surface area contributed by atoms with Crippen molar-refractivity contribution in [1.29, 1.82) is 0 Å². The molecule has 9 nitrogen and oxygen atoms in total. The quantitative estimate of drug-likeness (QED) is 0.413. The summed E-state index contributed by atoms with van der Waals surface area (Å²) in [6.07, 6.45) is 3.39. The molecule has 164 valence electrons. The predicted octanol–water partition coefficient (Wildman–Crippen LogP) is 3.66. The van der Waals surface area contributed by atoms with E-state index in [0.717, 1.165) is 11.1 Å². The number of methoxy groups -OCH3 is 1. The zero-order chi connectivity index (χ0) is 22.8. The molecular formula is C23H18N6O3S. The van der Waals surface area contributed by atoms with E-state index in [2.05, 4.69) is 25.0 Å². The number of hydrogen-bond acceptors (Lipinski definition) is 7.